The number of nitrogens with zero attached hydrogens (tertiary/aromatic N) is 3. The average Bonchev–Trinajstić information content (AvgIpc) is 3.10. The minimum Gasteiger partial charge on any atom is -0.337 e. The Morgan fingerprint density at radius 1 is 1.29 bits per heavy atom. The van der Waals surface area contributed by atoms with Crippen LogP contribution in [0.5, 0.6) is 0 Å². The third-order valence-electron chi connectivity index (χ3n) is 5.66. The van der Waals surface area contributed by atoms with E-state index in [1.54, 1.807) is 36.2 Å². The number of piperidine rings is 1. The van der Waals surface area contributed by atoms with Crippen LogP contribution < -0.4 is 0 Å². The number of halogens is 3. The van der Waals surface area contributed by atoms with Crippen LogP contribution in [0.15, 0.2) is 41.6 Å². The molecule has 2 aliphatic rings. The summed E-state index contributed by atoms with van der Waals surface area (Å²) >= 11 is 0. The van der Waals surface area contributed by atoms with Crippen molar-refractivity contribution in [1.29, 1.82) is 0 Å². The molecule has 4 rings (SSSR count). The Morgan fingerprint density at radius 3 is 2.75 bits per heavy atom. The molecule has 2 aromatic heterocycles. The minimum atomic E-state index is -4.31. The Labute approximate surface area is 160 Å². The van der Waals surface area contributed by atoms with Crippen molar-refractivity contribution in [3.05, 3.63) is 47.3 Å². The number of aromatic amines is 1. The number of fused-ring (bicyclic) bond motifs is 1. The second-order valence-electron chi connectivity index (χ2n) is 7.45. The monoisotopic (exact) mass is 390 g/mol. The van der Waals surface area contributed by atoms with Crippen LogP contribution in [0.3, 0.4) is 0 Å². The minimum absolute atomic E-state index is 0.181. The Morgan fingerprint density at radius 2 is 2.04 bits per heavy atom. The summed E-state index contributed by atoms with van der Waals surface area (Å²) in [6.07, 6.45) is 2.21. The Hall–Kier alpha value is -2.64. The average molecular weight is 390 g/mol. The number of amides is 1. The third kappa shape index (κ3) is 3.31. The normalized spacial score (nSPS) is 21.6. The Balaban J connectivity index is 1.52. The van der Waals surface area contributed by atoms with Gasteiger partial charge in [0.25, 0.3) is 5.91 Å². The van der Waals surface area contributed by atoms with Gasteiger partial charge in [0.1, 0.15) is 5.69 Å². The van der Waals surface area contributed by atoms with Crippen molar-refractivity contribution in [1.82, 2.24) is 20.1 Å². The quantitative estimate of drug-likeness (QED) is 0.833. The van der Waals surface area contributed by atoms with Crippen molar-refractivity contribution in [3.63, 3.8) is 0 Å². The molecule has 0 saturated carbocycles. The zero-order chi connectivity index (χ0) is 19.9. The van der Waals surface area contributed by atoms with Gasteiger partial charge in [0, 0.05) is 24.9 Å². The van der Waals surface area contributed by atoms with Gasteiger partial charge in [0.2, 0.25) is 0 Å². The van der Waals surface area contributed by atoms with E-state index < -0.39 is 17.7 Å². The molecule has 1 aliphatic heterocycles. The molecular weight excluding hydrogens is 369 g/mol. The van der Waals surface area contributed by atoms with E-state index in [4.69, 9.17) is 0 Å². The van der Waals surface area contributed by atoms with Gasteiger partial charge in [-0.1, -0.05) is 19.1 Å². The lowest BCUT2D eigenvalue weighted by atomic mass is 9.78. The van der Waals surface area contributed by atoms with Gasteiger partial charge >= 0.3 is 6.18 Å². The predicted molar refractivity (Wildman–Crippen MR) is 98.5 cm³/mol. The maximum Gasteiger partial charge on any atom is 0.413 e. The maximum absolute atomic E-state index is 13.6. The smallest absolute Gasteiger partial charge is 0.337 e. The molecule has 1 amide bonds. The van der Waals surface area contributed by atoms with Gasteiger partial charge in [-0.05, 0) is 48.8 Å². The van der Waals surface area contributed by atoms with Gasteiger partial charge < -0.3 is 4.90 Å². The zero-order valence-corrected chi connectivity index (χ0v) is 15.5. The number of pyridine rings is 1. The van der Waals surface area contributed by atoms with Crippen molar-refractivity contribution >= 4 is 16.9 Å². The topological polar surface area (TPSA) is 61.9 Å². The van der Waals surface area contributed by atoms with Gasteiger partial charge in [-0.15, -0.1) is 0 Å². The van der Waals surface area contributed by atoms with E-state index >= 15 is 0 Å². The maximum atomic E-state index is 13.6. The van der Waals surface area contributed by atoms with Crippen LogP contribution in [0.25, 0.3) is 11.0 Å². The van der Waals surface area contributed by atoms with Crippen molar-refractivity contribution in [2.75, 3.05) is 13.1 Å². The summed E-state index contributed by atoms with van der Waals surface area (Å²) < 4.78 is 40.7. The fraction of sp³-hybridized carbons (Fsp3) is 0.450. The van der Waals surface area contributed by atoms with Crippen LogP contribution in [-0.4, -0.2) is 45.3 Å². The highest BCUT2D eigenvalue weighted by molar-refractivity contribution is 6.03. The van der Waals surface area contributed by atoms with E-state index in [-0.39, 0.29) is 11.8 Å². The van der Waals surface area contributed by atoms with Gasteiger partial charge in [-0.3, -0.25) is 9.89 Å². The molecule has 1 unspecified atom stereocenters. The number of hydrogen-bond donors (Lipinski definition) is 1. The van der Waals surface area contributed by atoms with Crippen LogP contribution in [-0.2, 0) is 0 Å². The first-order valence-electron chi connectivity index (χ1n) is 9.42. The predicted octanol–water partition coefficient (Wildman–Crippen LogP) is 4.27. The zero-order valence-electron chi connectivity index (χ0n) is 15.5. The molecule has 1 atom stereocenters. The third-order valence-corrected chi connectivity index (χ3v) is 5.66. The standard InChI is InChI=1S/C20H21F3N4O/c1-12-4-2-5-14(16(12)20(21,22)23)13-7-10-27(11-8-13)19(28)17-15-6-3-9-24-18(15)26-25-17/h2-3,5-6,9,12-13H,4,7-8,10-11H2,1H3,(H,24,25,26). The lowest BCUT2D eigenvalue weighted by Gasteiger charge is -2.35. The van der Waals surface area contributed by atoms with Crippen molar-refractivity contribution in [2.45, 2.75) is 32.4 Å². The number of likely N-dealkylation sites (tertiary alicyclic amines) is 1. The van der Waals surface area contributed by atoms with E-state index in [2.05, 4.69) is 15.2 Å². The molecule has 148 valence electrons. The number of allylic oxidation sites excluding steroid dienone is 4. The highest BCUT2D eigenvalue weighted by Crippen LogP contribution is 2.42. The highest BCUT2D eigenvalue weighted by Gasteiger charge is 2.41. The first kappa shape index (κ1) is 18.7. The summed E-state index contributed by atoms with van der Waals surface area (Å²) in [5.41, 5.74) is 0.852. The summed E-state index contributed by atoms with van der Waals surface area (Å²) in [5.74, 6) is -0.894. The second kappa shape index (κ2) is 7.07. The van der Waals surface area contributed by atoms with E-state index in [1.807, 2.05) is 6.08 Å². The molecule has 8 heteroatoms. The van der Waals surface area contributed by atoms with Crippen LogP contribution in [0.4, 0.5) is 13.2 Å². The summed E-state index contributed by atoms with van der Waals surface area (Å²) in [6, 6.07) is 3.52. The van der Waals surface area contributed by atoms with Gasteiger partial charge in [0.15, 0.2) is 5.65 Å². The molecule has 2 aromatic rings. The van der Waals surface area contributed by atoms with E-state index in [9.17, 15) is 18.0 Å². The van der Waals surface area contributed by atoms with Crippen molar-refractivity contribution in [3.8, 4) is 0 Å². The van der Waals surface area contributed by atoms with E-state index in [1.165, 1.54) is 0 Å². The van der Waals surface area contributed by atoms with Crippen LogP contribution in [0.1, 0.15) is 36.7 Å². The SMILES string of the molecule is CC1CC=CC(C2CCN(C(=O)c3[nH]nc4ncccc34)CC2)=C1C(F)(F)F. The largest absolute Gasteiger partial charge is 0.413 e. The summed E-state index contributed by atoms with van der Waals surface area (Å²) in [5, 5.41) is 7.44. The number of carbonyl (C=O) groups excluding carboxylic acids is 1. The van der Waals surface area contributed by atoms with Gasteiger partial charge in [-0.25, -0.2) is 4.98 Å². The van der Waals surface area contributed by atoms with Crippen LogP contribution in [0, 0.1) is 11.8 Å². The molecule has 1 aliphatic carbocycles. The first-order valence-corrected chi connectivity index (χ1v) is 9.42. The molecule has 3 heterocycles. The number of carbonyl (C=O) groups is 1. The fourth-order valence-electron chi connectivity index (χ4n) is 4.26. The molecule has 0 bridgehead atoms. The molecule has 5 nitrogen and oxygen atoms in total. The van der Waals surface area contributed by atoms with E-state index in [0.29, 0.717) is 54.7 Å². The summed E-state index contributed by atoms with van der Waals surface area (Å²) in [6.45, 7) is 2.46. The van der Waals surface area contributed by atoms with Gasteiger partial charge in [0.05, 0.1) is 5.39 Å². The molecular formula is C20H21F3N4O. The van der Waals surface area contributed by atoms with Crippen molar-refractivity contribution < 1.29 is 18.0 Å². The summed E-state index contributed by atoms with van der Waals surface area (Å²) in [4.78, 5) is 18.6. The Kier molecular flexibility index (Phi) is 4.72. The second-order valence-corrected chi connectivity index (χ2v) is 7.45. The van der Waals surface area contributed by atoms with Crippen LogP contribution in [0.2, 0.25) is 0 Å². The molecule has 0 aromatic carbocycles. The van der Waals surface area contributed by atoms with Crippen molar-refractivity contribution in [2.24, 2.45) is 11.8 Å². The molecule has 0 radical (unpaired) electrons. The number of H-pyrrole nitrogens is 1. The van der Waals surface area contributed by atoms with E-state index in [0.717, 1.165) is 0 Å². The number of rotatable bonds is 2. The Bertz CT molecular complexity index is 952. The molecule has 28 heavy (non-hydrogen) atoms. The van der Waals surface area contributed by atoms with Gasteiger partial charge in [-0.2, -0.15) is 18.3 Å². The number of nitrogens with one attached hydrogen (secondary N) is 1. The lowest BCUT2D eigenvalue weighted by Crippen LogP contribution is -2.39. The van der Waals surface area contributed by atoms with Crippen LogP contribution >= 0.6 is 0 Å². The lowest BCUT2D eigenvalue weighted by molar-refractivity contribution is -0.0998. The fourth-order valence-corrected chi connectivity index (χ4v) is 4.26. The number of aromatic nitrogens is 3. The molecule has 0 spiro atoms. The highest BCUT2D eigenvalue weighted by atomic mass is 19.4. The molecule has 1 saturated heterocycles. The number of hydrogen-bond acceptors (Lipinski definition) is 3. The molecule has 1 fully saturated rings. The summed E-state index contributed by atoms with van der Waals surface area (Å²) in [7, 11) is 0. The molecule has 1 N–H and O–H groups in total. The first-order chi connectivity index (χ1) is 13.4. The number of alkyl halides is 3.